The molecular formula is C30H47Cl2N5O4S. The molecule has 1 aromatic carbocycles. The van der Waals surface area contributed by atoms with E-state index in [2.05, 4.69) is 15.6 Å². The second-order valence-corrected chi connectivity index (χ2v) is 12.6. The van der Waals surface area contributed by atoms with Gasteiger partial charge < -0.3 is 26.4 Å². The largest absolute Gasteiger partial charge is 0.391 e. The predicted octanol–water partition coefficient (Wildman–Crippen LogP) is 4.37. The molecule has 2 heterocycles. The lowest BCUT2D eigenvalue weighted by molar-refractivity contribution is -0.144. The van der Waals surface area contributed by atoms with Crippen LogP contribution in [0, 0.1) is 12.3 Å². The third-order valence-corrected chi connectivity index (χ3v) is 8.30. The van der Waals surface area contributed by atoms with E-state index in [9.17, 15) is 19.5 Å². The molecular weight excluding hydrogens is 597 g/mol. The number of nitrogens with two attached hydrogens (primary N) is 1. The number of carbonyl (C=O) groups is 3. The van der Waals surface area contributed by atoms with E-state index in [-0.39, 0.29) is 55.5 Å². The van der Waals surface area contributed by atoms with Gasteiger partial charge in [0.1, 0.15) is 12.1 Å². The van der Waals surface area contributed by atoms with E-state index in [1.165, 1.54) is 4.90 Å². The number of nitrogens with one attached hydrogen (secondary N) is 2. The molecule has 2 aromatic rings. The average Bonchev–Trinajstić information content (AvgIpc) is 3.52. The van der Waals surface area contributed by atoms with Gasteiger partial charge in [0, 0.05) is 25.9 Å². The second-order valence-electron chi connectivity index (χ2n) is 11.8. The number of aliphatic hydroxyl groups is 1. The highest BCUT2D eigenvalue weighted by molar-refractivity contribution is 7.13. The van der Waals surface area contributed by atoms with Crippen molar-refractivity contribution in [1.82, 2.24) is 20.5 Å². The number of hydrogen-bond acceptors (Lipinski definition) is 7. The molecule has 1 aromatic heterocycles. The zero-order valence-corrected chi connectivity index (χ0v) is 27.5. The first-order valence-electron chi connectivity index (χ1n) is 14.3. The van der Waals surface area contributed by atoms with Crippen molar-refractivity contribution in [3.8, 4) is 10.4 Å². The molecule has 0 unspecified atom stereocenters. The maximum atomic E-state index is 13.7. The van der Waals surface area contributed by atoms with Gasteiger partial charge in [0.25, 0.3) is 0 Å². The molecule has 0 spiro atoms. The maximum Gasteiger partial charge on any atom is 0.246 e. The molecule has 3 atom stereocenters. The zero-order valence-electron chi connectivity index (χ0n) is 25.1. The Hall–Kier alpha value is -2.24. The summed E-state index contributed by atoms with van der Waals surface area (Å²) in [4.78, 5) is 46.5. The number of hydrogen-bond donors (Lipinski definition) is 4. The summed E-state index contributed by atoms with van der Waals surface area (Å²) in [5.41, 5.74) is 9.77. The van der Waals surface area contributed by atoms with Crippen LogP contribution in [0.2, 0.25) is 0 Å². The van der Waals surface area contributed by atoms with Crippen LogP contribution in [-0.2, 0) is 20.9 Å². The van der Waals surface area contributed by atoms with Crippen molar-refractivity contribution in [3.05, 3.63) is 41.0 Å². The van der Waals surface area contributed by atoms with Crippen LogP contribution in [-0.4, -0.2) is 64.0 Å². The Morgan fingerprint density at radius 1 is 1.10 bits per heavy atom. The SMILES string of the molecule is Cc1ncsc1-c1ccc(CNC(=O)[C@@H]2C[C@@H](O)CN2C(=O)[C@@H](NC(=O)CCCCCCCN)C(C)(C)C)cc1.Cl.Cl. The molecule has 0 saturated carbocycles. The normalized spacial score (nSPS) is 17.1. The topological polar surface area (TPSA) is 138 Å². The molecule has 1 aliphatic heterocycles. The molecule has 5 N–H and O–H groups in total. The Bertz CT molecular complexity index is 1140. The van der Waals surface area contributed by atoms with Gasteiger partial charge in [0.2, 0.25) is 17.7 Å². The van der Waals surface area contributed by atoms with Gasteiger partial charge in [0.15, 0.2) is 0 Å². The number of aliphatic hydroxyl groups excluding tert-OH is 1. The third kappa shape index (κ3) is 10.8. The summed E-state index contributed by atoms with van der Waals surface area (Å²) in [6, 6.07) is 6.34. The second kappa shape index (κ2) is 17.8. The Morgan fingerprint density at radius 2 is 1.74 bits per heavy atom. The molecule has 3 amide bonds. The van der Waals surface area contributed by atoms with Gasteiger partial charge in [-0.25, -0.2) is 4.98 Å². The van der Waals surface area contributed by atoms with Crippen molar-refractivity contribution in [2.24, 2.45) is 11.1 Å². The van der Waals surface area contributed by atoms with Gasteiger partial charge in [-0.15, -0.1) is 36.2 Å². The predicted molar refractivity (Wildman–Crippen MR) is 173 cm³/mol. The number of amides is 3. The molecule has 1 saturated heterocycles. The van der Waals surface area contributed by atoms with E-state index >= 15 is 0 Å². The van der Waals surface area contributed by atoms with Crippen LogP contribution in [0.15, 0.2) is 29.8 Å². The molecule has 12 heteroatoms. The highest BCUT2D eigenvalue weighted by Gasteiger charge is 2.44. The van der Waals surface area contributed by atoms with Crippen LogP contribution >= 0.6 is 36.2 Å². The summed E-state index contributed by atoms with van der Waals surface area (Å²) >= 11 is 1.59. The van der Waals surface area contributed by atoms with Crippen molar-refractivity contribution in [1.29, 1.82) is 0 Å². The van der Waals surface area contributed by atoms with Gasteiger partial charge >= 0.3 is 0 Å². The number of likely N-dealkylation sites (tertiary alicyclic amines) is 1. The smallest absolute Gasteiger partial charge is 0.246 e. The number of nitrogens with zero attached hydrogens (tertiary/aromatic N) is 2. The number of thiazole rings is 1. The summed E-state index contributed by atoms with van der Waals surface area (Å²) in [5.74, 6) is -0.835. The Morgan fingerprint density at radius 3 is 2.33 bits per heavy atom. The molecule has 0 aliphatic carbocycles. The van der Waals surface area contributed by atoms with E-state index in [1.54, 1.807) is 11.3 Å². The minimum atomic E-state index is -0.805. The van der Waals surface area contributed by atoms with Crippen LogP contribution in [0.25, 0.3) is 10.4 Å². The van der Waals surface area contributed by atoms with E-state index in [0.717, 1.165) is 53.8 Å². The van der Waals surface area contributed by atoms with Crippen LogP contribution in [0.3, 0.4) is 0 Å². The molecule has 42 heavy (non-hydrogen) atoms. The first-order valence-corrected chi connectivity index (χ1v) is 15.1. The monoisotopic (exact) mass is 643 g/mol. The van der Waals surface area contributed by atoms with Gasteiger partial charge in [-0.1, -0.05) is 64.3 Å². The number of rotatable bonds is 13. The molecule has 1 aliphatic rings. The van der Waals surface area contributed by atoms with Crippen LogP contribution in [0.1, 0.15) is 77.0 Å². The van der Waals surface area contributed by atoms with Crippen molar-refractivity contribution in [2.75, 3.05) is 13.1 Å². The summed E-state index contributed by atoms with van der Waals surface area (Å²) in [6.07, 6.45) is 4.47. The van der Waals surface area contributed by atoms with E-state index in [4.69, 9.17) is 5.73 Å². The van der Waals surface area contributed by atoms with Crippen molar-refractivity contribution >= 4 is 53.9 Å². The van der Waals surface area contributed by atoms with Crippen LogP contribution < -0.4 is 16.4 Å². The fraction of sp³-hybridized carbons (Fsp3) is 0.600. The van der Waals surface area contributed by atoms with Crippen LogP contribution in [0.4, 0.5) is 0 Å². The number of carbonyl (C=O) groups excluding carboxylic acids is 3. The van der Waals surface area contributed by atoms with Gasteiger partial charge in [-0.2, -0.15) is 0 Å². The lowest BCUT2D eigenvalue weighted by atomic mass is 9.85. The summed E-state index contributed by atoms with van der Waals surface area (Å²) < 4.78 is 0. The number of halogens is 2. The zero-order chi connectivity index (χ0) is 29.3. The van der Waals surface area contributed by atoms with Gasteiger partial charge in [-0.05, 0) is 42.9 Å². The van der Waals surface area contributed by atoms with Crippen molar-refractivity contribution < 1.29 is 19.5 Å². The average molecular weight is 645 g/mol. The number of aromatic nitrogens is 1. The minimum absolute atomic E-state index is 0. The van der Waals surface area contributed by atoms with Crippen molar-refractivity contribution in [2.45, 2.75) is 97.4 Å². The van der Waals surface area contributed by atoms with E-state index in [1.807, 2.05) is 57.5 Å². The fourth-order valence-electron chi connectivity index (χ4n) is 4.97. The molecule has 0 radical (unpaired) electrons. The molecule has 3 rings (SSSR count). The summed E-state index contributed by atoms with van der Waals surface area (Å²) in [6.45, 7) is 8.69. The molecule has 1 fully saturated rings. The third-order valence-electron chi connectivity index (χ3n) is 7.32. The maximum absolute atomic E-state index is 13.7. The first kappa shape index (κ1) is 37.8. The molecule has 236 valence electrons. The fourth-order valence-corrected chi connectivity index (χ4v) is 5.79. The number of aryl methyl sites for hydroxylation is 1. The van der Waals surface area contributed by atoms with E-state index in [0.29, 0.717) is 19.5 Å². The Balaban J connectivity index is 0.00000441. The quantitative estimate of drug-likeness (QED) is 0.239. The Kier molecular flexibility index (Phi) is 16.0. The van der Waals surface area contributed by atoms with Crippen molar-refractivity contribution in [3.63, 3.8) is 0 Å². The Labute approximate surface area is 266 Å². The van der Waals surface area contributed by atoms with Gasteiger partial charge in [-0.3, -0.25) is 14.4 Å². The first-order chi connectivity index (χ1) is 19.0. The highest BCUT2D eigenvalue weighted by atomic mass is 35.5. The van der Waals surface area contributed by atoms with E-state index < -0.39 is 23.6 Å². The molecule has 0 bridgehead atoms. The summed E-state index contributed by atoms with van der Waals surface area (Å²) in [7, 11) is 0. The number of benzene rings is 1. The standard InChI is InChI=1S/C30H45N5O4S.2ClH/c1-20-26(40-19-33-20)22-13-11-21(12-14-22)17-32-28(38)24-16-23(36)18-35(24)29(39)27(30(2,3)4)34-25(37)10-8-6-5-7-9-15-31;;/h11-14,19,23-24,27,36H,5-10,15-18,31H2,1-4H3,(H,32,38)(H,34,37);2*1H/t23-,24+,27-;;/m1../s1. The minimum Gasteiger partial charge on any atom is -0.391 e. The van der Waals surface area contributed by atoms with Gasteiger partial charge in [0.05, 0.1) is 22.2 Å². The summed E-state index contributed by atoms with van der Waals surface area (Å²) in [5, 5.41) is 16.2. The van der Waals surface area contributed by atoms with Crippen LogP contribution in [0.5, 0.6) is 0 Å². The molecule has 9 nitrogen and oxygen atoms in total. The lowest BCUT2D eigenvalue weighted by Gasteiger charge is -2.35. The number of unbranched alkanes of at least 4 members (excludes halogenated alkanes) is 4. The number of β-amino-alcohol motifs (C(OH)–C–C–N with tert-alkyl or cyclic N) is 1. The lowest BCUT2D eigenvalue weighted by Crippen LogP contribution is -2.57. The highest BCUT2D eigenvalue weighted by Crippen LogP contribution is 2.28.